The lowest BCUT2D eigenvalue weighted by molar-refractivity contribution is 0.103. The van der Waals surface area contributed by atoms with Gasteiger partial charge >= 0.3 is 0 Å². The molecule has 0 unspecified atom stereocenters. The van der Waals surface area contributed by atoms with Crippen LogP contribution in [0.15, 0.2) is 36.5 Å². The molecule has 5 heteroatoms. The summed E-state index contributed by atoms with van der Waals surface area (Å²) in [6.07, 6.45) is 1.51. The number of methoxy groups -OCH3 is 2. The lowest BCUT2D eigenvalue weighted by atomic mass is 10.0. The van der Waals surface area contributed by atoms with E-state index in [1.165, 1.54) is 32.5 Å². The summed E-state index contributed by atoms with van der Waals surface area (Å²) < 4.78 is 23.4. The minimum atomic E-state index is -0.507. The maximum absolute atomic E-state index is 13.3. The van der Waals surface area contributed by atoms with Crippen LogP contribution >= 0.6 is 0 Å². The fraction of sp³-hybridized carbons (Fsp3) is 0.143. The number of hydrogen-bond acceptors (Lipinski definition) is 4. The molecular formula is C14H12FNO3. The van der Waals surface area contributed by atoms with Crippen LogP contribution in [0.3, 0.4) is 0 Å². The summed E-state index contributed by atoms with van der Waals surface area (Å²) in [4.78, 5) is 16.3. The van der Waals surface area contributed by atoms with E-state index in [0.29, 0.717) is 5.75 Å². The van der Waals surface area contributed by atoms with Crippen LogP contribution in [-0.2, 0) is 0 Å². The number of halogens is 1. The van der Waals surface area contributed by atoms with Gasteiger partial charge in [-0.25, -0.2) is 9.37 Å². The monoisotopic (exact) mass is 261 g/mol. The van der Waals surface area contributed by atoms with Crippen molar-refractivity contribution in [3.05, 3.63) is 53.5 Å². The van der Waals surface area contributed by atoms with E-state index in [2.05, 4.69) is 4.98 Å². The molecule has 4 nitrogen and oxygen atoms in total. The first-order valence-electron chi connectivity index (χ1n) is 5.54. The fourth-order valence-corrected chi connectivity index (χ4v) is 1.73. The molecule has 0 amide bonds. The maximum atomic E-state index is 13.3. The average molecular weight is 261 g/mol. The van der Waals surface area contributed by atoms with Crippen LogP contribution in [0.5, 0.6) is 11.6 Å². The number of carbonyl (C=O) groups excluding carboxylic acids is 1. The zero-order valence-corrected chi connectivity index (χ0v) is 10.5. The van der Waals surface area contributed by atoms with Gasteiger partial charge in [-0.3, -0.25) is 4.79 Å². The summed E-state index contributed by atoms with van der Waals surface area (Å²) in [6.45, 7) is 0. The molecule has 0 atom stereocenters. The first-order valence-corrected chi connectivity index (χ1v) is 5.54. The van der Waals surface area contributed by atoms with Crippen molar-refractivity contribution < 1.29 is 18.7 Å². The van der Waals surface area contributed by atoms with E-state index in [1.807, 2.05) is 0 Å². The number of nitrogens with zero attached hydrogens (tertiary/aromatic N) is 1. The predicted molar refractivity (Wildman–Crippen MR) is 67.2 cm³/mol. The number of aromatic nitrogens is 1. The molecule has 1 heterocycles. The van der Waals surface area contributed by atoms with Crippen LogP contribution in [0.1, 0.15) is 15.9 Å². The van der Waals surface area contributed by atoms with Crippen LogP contribution in [0, 0.1) is 5.82 Å². The number of carbonyl (C=O) groups is 1. The van der Waals surface area contributed by atoms with Gasteiger partial charge in [0.15, 0.2) is 0 Å². The van der Waals surface area contributed by atoms with E-state index in [9.17, 15) is 9.18 Å². The first-order chi connectivity index (χ1) is 9.17. The minimum Gasteiger partial charge on any atom is -0.496 e. The second-order valence-electron chi connectivity index (χ2n) is 3.73. The number of hydrogen-bond donors (Lipinski definition) is 0. The molecule has 2 aromatic rings. The van der Waals surface area contributed by atoms with Crippen molar-refractivity contribution >= 4 is 5.78 Å². The fourth-order valence-electron chi connectivity index (χ4n) is 1.73. The molecule has 0 fully saturated rings. The summed E-state index contributed by atoms with van der Waals surface area (Å²) in [5, 5.41) is 0. The number of benzene rings is 1. The molecular weight excluding hydrogens is 249 g/mol. The molecule has 0 spiro atoms. The minimum absolute atomic E-state index is 0.133. The van der Waals surface area contributed by atoms with Crippen molar-refractivity contribution in [2.45, 2.75) is 0 Å². The second-order valence-corrected chi connectivity index (χ2v) is 3.73. The molecule has 0 N–H and O–H groups in total. The molecule has 0 aliphatic carbocycles. The van der Waals surface area contributed by atoms with Crippen molar-refractivity contribution in [3.8, 4) is 11.6 Å². The molecule has 0 saturated heterocycles. The van der Waals surface area contributed by atoms with Gasteiger partial charge in [0.05, 0.1) is 25.3 Å². The third-order valence-corrected chi connectivity index (χ3v) is 2.62. The summed E-state index contributed by atoms with van der Waals surface area (Å²) in [5.74, 6) is -0.413. The van der Waals surface area contributed by atoms with Crippen LogP contribution in [0.4, 0.5) is 4.39 Å². The second kappa shape index (κ2) is 5.48. The van der Waals surface area contributed by atoms with Crippen molar-refractivity contribution in [1.29, 1.82) is 0 Å². The van der Waals surface area contributed by atoms with Gasteiger partial charge in [0.25, 0.3) is 0 Å². The summed E-state index contributed by atoms with van der Waals surface area (Å²) >= 11 is 0. The van der Waals surface area contributed by atoms with Crippen molar-refractivity contribution in [3.63, 3.8) is 0 Å². The largest absolute Gasteiger partial charge is 0.496 e. The van der Waals surface area contributed by atoms with E-state index >= 15 is 0 Å². The molecule has 0 radical (unpaired) electrons. The average Bonchev–Trinajstić information content (AvgIpc) is 2.46. The molecule has 1 aromatic heterocycles. The Bertz CT molecular complexity index is 613. The predicted octanol–water partition coefficient (Wildman–Crippen LogP) is 2.47. The summed E-state index contributed by atoms with van der Waals surface area (Å²) in [7, 11) is 2.84. The van der Waals surface area contributed by atoms with E-state index in [-0.39, 0.29) is 17.0 Å². The molecule has 19 heavy (non-hydrogen) atoms. The normalized spacial score (nSPS) is 10.1. The number of ether oxygens (including phenoxy) is 2. The molecule has 0 aliphatic heterocycles. The smallest absolute Gasteiger partial charge is 0.224 e. The van der Waals surface area contributed by atoms with Crippen LogP contribution in [0.2, 0.25) is 0 Å². The molecule has 0 bridgehead atoms. The Morgan fingerprint density at radius 2 is 1.95 bits per heavy atom. The highest BCUT2D eigenvalue weighted by Crippen LogP contribution is 2.25. The first kappa shape index (κ1) is 13.0. The van der Waals surface area contributed by atoms with Crippen LogP contribution in [0.25, 0.3) is 0 Å². The molecule has 2 rings (SSSR count). The van der Waals surface area contributed by atoms with Gasteiger partial charge in [-0.1, -0.05) is 0 Å². The maximum Gasteiger partial charge on any atom is 0.224 e. The van der Waals surface area contributed by atoms with Crippen molar-refractivity contribution in [1.82, 2.24) is 4.98 Å². The third-order valence-electron chi connectivity index (χ3n) is 2.62. The van der Waals surface area contributed by atoms with Gasteiger partial charge in [0.1, 0.15) is 11.6 Å². The van der Waals surface area contributed by atoms with Gasteiger partial charge in [-0.2, -0.15) is 0 Å². The zero-order valence-electron chi connectivity index (χ0n) is 10.5. The Hall–Kier alpha value is -2.43. The Kier molecular flexibility index (Phi) is 3.75. The molecule has 1 aromatic carbocycles. The summed E-state index contributed by atoms with van der Waals surface area (Å²) in [5.41, 5.74) is 0.391. The molecule has 0 aliphatic rings. The van der Waals surface area contributed by atoms with Crippen LogP contribution < -0.4 is 9.47 Å². The Labute approximate surface area is 109 Å². The highest BCUT2D eigenvalue weighted by atomic mass is 19.1. The van der Waals surface area contributed by atoms with Crippen molar-refractivity contribution in [2.24, 2.45) is 0 Å². The Balaban J connectivity index is 2.52. The van der Waals surface area contributed by atoms with E-state index < -0.39 is 11.6 Å². The Morgan fingerprint density at radius 3 is 2.63 bits per heavy atom. The van der Waals surface area contributed by atoms with E-state index in [4.69, 9.17) is 9.47 Å². The van der Waals surface area contributed by atoms with Gasteiger partial charge in [-0.05, 0) is 30.3 Å². The van der Waals surface area contributed by atoms with Gasteiger partial charge < -0.3 is 9.47 Å². The lowest BCUT2D eigenvalue weighted by Crippen LogP contribution is -2.07. The molecule has 0 saturated carbocycles. The van der Waals surface area contributed by atoms with Gasteiger partial charge in [0.2, 0.25) is 11.7 Å². The standard InChI is InChI=1S/C14H12FNO3/c1-18-12-6-5-9(15)8-11(12)13(17)10-4-3-7-16-14(10)19-2/h3-8H,1-2H3. The highest BCUT2D eigenvalue weighted by molar-refractivity contribution is 6.12. The third kappa shape index (κ3) is 2.54. The van der Waals surface area contributed by atoms with E-state index in [0.717, 1.165) is 6.07 Å². The Morgan fingerprint density at radius 1 is 1.16 bits per heavy atom. The van der Waals surface area contributed by atoms with E-state index in [1.54, 1.807) is 12.1 Å². The SMILES string of the molecule is COc1ccc(F)cc1C(=O)c1cccnc1OC. The van der Waals surface area contributed by atoms with Crippen molar-refractivity contribution in [2.75, 3.05) is 14.2 Å². The summed E-state index contributed by atoms with van der Waals surface area (Å²) in [6, 6.07) is 6.95. The zero-order chi connectivity index (χ0) is 13.8. The highest BCUT2D eigenvalue weighted by Gasteiger charge is 2.19. The van der Waals surface area contributed by atoms with Gasteiger partial charge in [0, 0.05) is 6.20 Å². The number of rotatable bonds is 4. The number of pyridine rings is 1. The van der Waals surface area contributed by atoms with Crippen LogP contribution in [-0.4, -0.2) is 25.0 Å². The molecule has 98 valence electrons. The topological polar surface area (TPSA) is 48.4 Å². The number of ketones is 1. The van der Waals surface area contributed by atoms with Gasteiger partial charge in [-0.15, -0.1) is 0 Å². The lowest BCUT2D eigenvalue weighted by Gasteiger charge is -2.09. The quantitative estimate of drug-likeness (QED) is 0.793.